The molecule has 1 aliphatic heterocycles. The maximum atomic E-state index is 12.9. The number of alkyl halides is 4. The highest BCUT2D eigenvalue weighted by molar-refractivity contribution is 5.78. The van der Waals surface area contributed by atoms with Crippen molar-refractivity contribution >= 4 is 5.91 Å². The average Bonchev–Trinajstić information content (AvgIpc) is 3.26. The highest BCUT2D eigenvalue weighted by Crippen LogP contribution is 2.31. The molecule has 1 saturated heterocycles. The van der Waals surface area contributed by atoms with Crippen molar-refractivity contribution in [3.8, 4) is 35.7 Å². The summed E-state index contributed by atoms with van der Waals surface area (Å²) in [5.41, 5.74) is 2.36. The van der Waals surface area contributed by atoms with E-state index in [-0.39, 0.29) is 28.8 Å². The Kier molecular flexibility index (Phi) is 9.16. The molecule has 0 N–H and O–H groups in total. The first-order chi connectivity index (χ1) is 17.4. The van der Waals surface area contributed by atoms with Crippen LogP contribution in [0, 0.1) is 12.8 Å². The third-order valence-electron chi connectivity index (χ3n) is 5.15. The Labute approximate surface area is 205 Å². The summed E-state index contributed by atoms with van der Waals surface area (Å²) >= 11 is 0. The fourth-order valence-corrected chi connectivity index (χ4v) is 3.62. The minimum Gasteiger partial charge on any atom is -0.432 e. The minimum absolute atomic E-state index is 0.0384. The predicted molar refractivity (Wildman–Crippen MR) is 122 cm³/mol. The van der Waals surface area contributed by atoms with E-state index in [4.69, 9.17) is 0 Å². The van der Waals surface area contributed by atoms with Crippen LogP contribution in [0.15, 0.2) is 48.8 Å². The molecule has 1 fully saturated rings. The molecule has 0 atom stereocenters. The van der Waals surface area contributed by atoms with Crippen molar-refractivity contribution in [1.82, 2.24) is 19.9 Å². The van der Waals surface area contributed by atoms with E-state index in [0.717, 1.165) is 24.2 Å². The fraction of sp³-hybridized carbons (Fsp3) is 0.280. The van der Waals surface area contributed by atoms with Gasteiger partial charge in [-0.1, -0.05) is 6.07 Å². The summed E-state index contributed by atoms with van der Waals surface area (Å²) in [7, 11) is 0. The monoisotopic (exact) mass is 502 g/mol. The number of aromatic nitrogens is 3. The number of halogens is 4. The molecule has 0 saturated carbocycles. The van der Waals surface area contributed by atoms with Crippen molar-refractivity contribution < 1.29 is 31.8 Å². The van der Waals surface area contributed by atoms with Crippen molar-refractivity contribution in [2.75, 3.05) is 6.54 Å². The van der Waals surface area contributed by atoms with Gasteiger partial charge in [-0.25, -0.2) is 9.97 Å². The van der Waals surface area contributed by atoms with E-state index >= 15 is 0 Å². The molecular weight excluding hydrogens is 480 g/mol. The molecule has 1 aliphatic rings. The zero-order valence-corrected chi connectivity index (χ0v) is 19.0. The lowest BCUT2D eigenvalue weighted by Gasteiger charge is -2.15. The van der Waals surface area contributed by atoms with Gasteiger partial charge in [0.1, 0.15) is 5.69 Å². The van der Waals surface area contributed by atoms with Crippen LogP contribution in [0.1, 0.15) is 29.8 Å². The van der Waals surface area contributed by atoms with E-state index < -0.39 is 13.2 Å². The van der Waals surface area contributed by atoms with Crippen LogP contribution in [0.2, 0.25) is 0 Å². The van der Waals surface area contributed by atoms with Gasteiger partial charge >= 0.3 is 13.2 Å². The first-order valence-electron chi connectivity index (χ1n) is 10.8. The van der Waals surface area contributed by atoms with Gasteiger partial charge in [-0.05, 0) is 36.2 Å². The SMILES string of the molecule is C#C.O=C1CCCN1Cc1ccc(Cc2ccc(OC(F)F)c(-c3ccnc(OC(F)F)c3)n2)cn1. The highest BCUT2D eigenvalue weighted by atomic mass is 19.3. The average molecular weight is 502 g/mol. The van der Waals surface area contributed by atoms with Gasteiger partial charge < -0.3 is 14.4 Å². The number of carbonyl (C=O) groups excluding carboxylic acids is 1. The first kappa shape index (κ1) is 26.4. The summed E-state index contributed by atoms with van der Waals surface area (Å²) in [5, 5.41) is 0. The molecule has 3 aromatic heterocycles. The Bertz CT molecular complexity index is 1190. The van der Waals surface area contributed by atoms with Crippen LogP contribution >= 0.6 is 0 Å². The van der Waals surface area contributed by atoms with Crippen LogP contribution < -0.4 is 9.47 Å². The van der Waals surface area contributed by atoms with Crippen molar-refractivity contribution in [2.24, 2.45) is 0 Å². The number of amides is 1. The van der Waals surface area contributed by atoms with Crippen LogP contribution in [0.5, 0.6) is 11.6 Å². The molecule has 3 aromatic rings. The molecule has 0 unspecified atom stereocenters. The van der Waals surface area contributed by atoms with Crippen molar-refractivity contribution in [2.45, 2.75) is 39.0 Å². The van der Waals surface area contributed by atoms with Crippen LogP contribution in [0.4, 0.5) is 17.6 Å². The topological polar surface area (TPSA) is 77.4 Å². The Hall–Kier alpha value is -4.20. The summed E-state index contributed by atoms with van der Waals surface area (Å²) < 4.78 is 59.8. The highest BCUT2D eigenvalue weighted by Gasteiger charge is 2.20. The normalized spacial score (nSPS) is 13.0. The second-order valence-electron chi connectivity index (χ2n) is 7.54. The zero-order valence-electron chi connectivity index (χ0n) is 19.0. The van der Waals surface area contributed by atoms with Crippen molar-refractivity contribution in [3.63, 3.8) is 0 Å². The Morgan fingerprint density at radius 3 is 2.36 bits per heavy atom. The summed E-state index contributed by atoms with van der Waals surface area (Å²) in [4.78, 5) is 26.1. The molecule has 1 amide bonds. The van der Waals surface area contributed by atoms with E-state index in [9.17, 15) is 22.4 Å². The molecule has 0 radical (unpaired) electrons. The number of ether oxygens (including phenoxy) is 2. The molecule has 4 rings (SSSR count). The van der Waals surface area contributed by atoms with Gasteiger partial charge in [-0.2, -0.15) is 17.6 Å². The Morgan fingerprint density at radius 1 is 0.972 bits per heavy atom. The van der Waals surface area contributed by atoms with Crippen molar-refractivity contribution in [1.29, 1.82) is 0 Å². The van der Waals surface area contributed by atoms with Crippen LogP contribution in [0.3, 0.4) is 0 Å². The van der Waals surface area contributed by atoms with E-state index in [1.165, 1.54) is 30.5 Å². The lowest BCUT2D eigenvalue weighted by atomic mass is 10.1. The summed E-state index contributed by atoms with van der Waals surface area (Å²) in [6.07, 6.45) is 12.6. The number of terminal acetylenes is 1. The van der Waals surface area contributed by atoms with E-state index in [1.54, 1.807) is 11.1 Å². The Balaban J connectivity index is 0.00000176. The summed E-state index contributed by atoms with van der Waals surface area (Å²) in [6.45, 7) is -5.00. The molecule has 7 nitrogen and oxygen atoms in total. The number of pyridine rings is 3. The summed E-state index contributed by atoms with van der Waals surface area (Å²) in [6, 6.07) is 9.17. The van der Waals surface area contributed by atoms with Gasteiger partial charge in [-0.3, -0.25) is 9.78 Å². The zero-order chi connectivity index (χ0) is 26.1. The fourth-order valence-electron chi connectivity index (χ4n) is 3.62. The lowest BCUT2D eigenvalue weighted by molar-refractivity contribution is -0.128. The standard InChI is InChI=1S/C23H20F4N4O3.C2H2/c24-22(25)33-18-6-5-16(30-21(18)15-7-8-28-19(11-15)34-23(26)27)10-14-3-4-17(29-12-14)13-31-9-1-2-20(31)32;1-2/h3-8,11-12,22-23H,1-2,9-10,13H2;1-2H. The molecule has 0 aliphatic carbocycles. The second-order valence-corrected chi connectivity index (χ2v) is 7.54. The molecule has 36 heavy (non-hydrogen) atoms. The quantitative estimate of drug-likeness (QED) is 0.312. The van der Waals surface area contributed by atoms with Crippen LogP contribution in [-0.2, 0) is 17.8 Å². The molecule has 4 heterocycles. The third kappa shape index (κ3) is 7.15. The largest absolute Gasteiger partial charge is 0.432 e. The van der Waals surface area contributed by atoms with Gasteiger partial charge in [0.15, 0.2) is 5.75 Å². The van der Waals surface area contributed by atoms with E-state index in [1.807, 2.05) is 12.1 Å². The predicted octanol–water partition coefficient (Wildman–Crippen LogP) is 4.70. The van der Waals surface area contributed by atoms with Crippen molar-refractivity contribution in [3.05, 3.63) is 65.7 Å². The smallest absolute Gasteiger partial charge is 0.388 e. The minimum atomic E-state index is -3.09. The maximum absolute atomic E-state index is 12.9. The number of likely N-dealkylation sites (tertiary alicyclic amines) is 1. The van der Waals surface area contributed by atoms with Gasteiger partial charge in [0.25, 0.3) is 0 Å². The molecule has 0 bridgehead atoms. The van der Waals surface area contributed by atoms with Gasteiger partial charge in [0.2, 0.25) is 11.8 Å². The lowest BCUT2D eigenvalue weighted by Crippen LogP contribution is -2.24. The molecule has 0 aromatic carbocycles. The van der Waals surface area contributed by atoms with Gasteiger partial charge in [0, 0.05) is 49.1 Å². The van der Waals surface area contributed by atoms with E-state index in [2.05, 4.69) is 37.3 Å². The maximum Gasteiger partial charge on any atom is 0.388 e. The number of nitrogens with zero attached hydrogens (tertiary/aromatic N) is 4. The van der Waals surface area contributed by atoms with Crippen LogP contribution in [-0.4, -0.2) is 45.5 Å². The summed E-state index contributed by atoms with van der Waals surface area (Å²) in [5.74, 6) is -0.470. The molecular formula is C25H22F4N4O3. The molecule has 188 valence electrons. The Morgan fingerprint density at radius 2 is 1.72 bits per heavy atom. The number of carbonyl (C=O) groups is 1. The second kappa shape index (κ2) is 12.5. The molecule has 11 heteroatoms. The first-order valence-corrected chi connectivity index (χ1v) is 10.8. The third-order valence-corrected chi connectivity index (χ3v) is 5.15. The number of hydrogen-bond donors (Lipinski definition) is 0. The van der Waals surface area contributed by atoms with Gasteiger partial charge in [0.05, 0.1) is 12.2 Å². The number of rotatable bonds is 9. The van der Waals surface area contributed by atoms with Crippen LogP contribution in [0.25, 0.3) is 11.3 Å². The number of hydrogen-bond acceptors (Lipinski definition) is 6. The van der Waals surface area contributed by atoms with E-state index in [0.29, 0.717) is 25.1 Å². The molecule has 0 spiro atoms. The van der Waals surface area contributed by atoms with Gasteiger partial charge in [-0.15, -0.1) is 12.8 Å².